The van der Waals surface area contributed by atoms with Crippen molar-refractivity contribution in [1.29, 1.82) is 0 Å². The van der Waals surface area contributed by atoms with Gasteiger partial charge in [0.25, 0.3) is 0 Å². The molecule has 0 aromatic carbocycles. The second-order valence-corrected chi connectivity index (χ2v) is 7.61. The van der Waals surface area contributed by atoms with E-state index in [2.05, 4.69) is 10.2 Å². The summed E-state index contributed by atoms with van der Waals surface area (Å²) in [6.45, 7) is 3.31. The van der Waals surface area contributed by atoms with E-state index in [4.69, 9.17) is 5.73 Å². The number of hydrogen-bond donors (Lipinski definition) is 3. The van der Waals surface area contributed by atoms with Crippen molar-refractivity contribution in [3.05, 3.63) is 11.1 Å². The van der Waals surface area contributed by atoms with Crippen molar-refractivity contribution in [2.24, 2.45) is 5.92 Å². The molecule has 1 radical (unpaired) electrons. The predicted octanol–water partition coefficient (Wildman–Crippen LogP) is 1.93. The van der Waals surface area contributed by atoms with E-state index >= 15 is 0 Å². The Morgan fingerprint density at radius 1 is 0.960 bits per heavy atom. The van der Waals surface area contributed by atoms with E-state index in [0.717, 1.165) is 45.3 Å². The summed E-state index contributed by atoms with van der Waals surface area (Å²) in [7, 11) is 0. The van der Waals surface area contributed by atoms with Gasteiger partial charge in [0.2, 0.25) is 0 Å². The van der Waals surface area contributed by atoms with E-state index in [-0.39, 0.29) is 51.4 Å². The van der Waals surface area contributed by atoms with E-state index in [1.165, 1.54) is 19.3 Å². The minimum absolute atomic E-state index is 0. The number of hydrogen-bond acceptors (Lipinski definition) is 4. The van der Waals surface area contributed by atoms with Gasteiger partial charge in [-0.3, -0.25) is 4.90 Å². The molecule has 0 spiro atoms. The van der Waals surface area contributed by atoms with Gasteiger partial charge in [-0.05, 0) is 12.3 Å². The second-order valence-electron chi connectivity index (χ2n) is 7.61. The summed E-state index contributed by atoms with van der Waals surface area (Å²) in [5.41, 5.74) is 7.27. The van der Waals surface area contributed by atoms with Crippen molar-refractivity contribution in [1.82, 2.24) is 4.90 Å². The number of β-amino-alcohol motifs (C(OH)–C–C–N with tert-alkyl or cyclic N) is 1. The van der Waals surface area contributed by atoms with Crippen LogP contribution < -0.4 is 0 Å². The molecule has 4 N–H and O–H groups in total. The molecule has 0 bridgehead atoms. The van der Waals surface area contributed by atoms with Crippen LogP contribution in [0, 0.1) is 5.92 Å². The molecule has 3 rings (SSSR count). The predicted molar refractivity (Wildman–Crippen MR) is 96.1 cm³/mol. The summed E-state index contributed by atoms with van der Waals surface area (Å²) in [5.74, 6) is 0.615. The molecular weight excluding hydrogens is 395 g/mol. The number of aliphatic hydroxyl groups is 3. The van der Waals surface area contributed by atoms with E-state index in [1.807, 2.05) is 0 Å². The first-order valence-corrected chi connectivity index (χ1v) is 9.65. The number of nitrogens with one attached hydrogen (secondary N) is 1. The molecule has 25 heavy (non-hydrogen) atoms. The third-order valence-electron chi connectivity index (χ3n) is 5.60. The fraction of sp³-hybridized carbons (Fsp3) is 1.00. The molecule has 2 aliphatic heterocycles. The standard InChI is InChI=1S/C12H23N2O3.C6H12N.Y/c15-8-10-5-11(16)12(17)7-14(10)6-9-1-3-13-4-2-9;7-6-4-2-1-3-5-6;/h9-12,15-17H,1-8H2;6-7H,1-5H2;/q2*-1;/t10-,11?,12+;;/m1../s1. The smallest absolute Gasteiger partial charge is 0.0926 e. The Hall–Kier alpha value is 0.864. The van der Waals surface area contributed by atoms with Gasteiger partial charge >= 0.3 is 0 Å². The van der Waals surface area contributed by atoms with Gasteiger partial charge in [0.15, 0.2) is 0 Å². The minimum Gasteiger partial charge on any atom is -0.675 e. The summed E-state index contributed by atoms with van der Waals surface area (Å²) < 4.78 is 0. The molecule has 3 fully saturated rings. The van der Waals surface area contributed by atoms with Crippen molar-refractivity contribution in [2.75, 3.05) is 32.8 Å². The van der Waals surface area contributed by atoms with Crippen molar-refractivity contribution >= 4 is 0 Å². The van der Waals surface area contributed by atoms with Crippen molar-refractivity contribution in [3.8, 4) is 0 Å². The Morgan fingerprint density at radius 3 is 2.12 bits per heavy atom. The molecule has 1 saturated carbocycles. The van der Waals surface area contributed by atoms with Crippen LogP contribution in [0.2, 0.25) is 0 Å². The van der Waals surface area contributed by atoms with Gasteiger partial charge in [0.1, 0.15) is 0 Å². The van der Waals surface area contributed by atoms with Crippen molar-refractivity contribution in [2.45, 2.75) is 75.7 Å². The fourth-order valence-electron chi connectivity index (χ4n) is 3.93. The van der Waals surface area contributed by atoms with E-state index in [1.54, 1.807) is 0 Å². The molecule has 6 nitrogen and oxygen atoms in total. The maximum absolute atomic E-state index is 9.70. The topological polar surface area (TPSA) is 102 Å². The molecule has 7 heteroatoms. The van der Waals surface area contributed by atoms with Crippen molar-refractivity contribution < 1.29 is 48.0 Å². The SMILES string of the molecule is OC[C@H]1CC(O)[C@@H](O)CN1CC1CC[N-]CC1.[NH-]C1CCCCC1.[Y]. The number of rotatable bonds is 3. The Kier molecular flexibility index (Phi) is 12.5. The molecule has 0 aromatic heterocycles. The first-order valence-electron chi connectivity index (χ1n) is 9.65. The summed E-state index contributed by atoms with van der Waals surface area (Å²) in [5, 5.41) is 33.0. The summed E-state index contributed by atoms with van der Waals surface area (Å²) in [6.07, 6.45) is 7.59. The second kappa shape index (κ2) is 13.1. The van der Waals surface area contributed by atoms with Gasteiger partial charge in [-0.1, -0.05) is 44.9 Å². The molecule has 2 saturated heterocycles. The zero-order valence-corrected chi connectivity index (χ0v) is 18.2. The molecule has 3 atom stereocenters. The number of likely N-dealkylation sites (tertiary alicyclic amines) is 1. The van der Waals surface area contributed by atoms with Gasteiger partial charge in [0.05, 0.1) is 18.8 Å². The van der Waals surface area contributed by atoms with E-state index in [9.17, 15) is 15.3 Å². The fourth-order valence-corrected chi connectivity index (χ4v) is 3.93. The van der Waals surface area contributed by atoms with Crippen LogP contribution in [-0.2, 0) is 32.7 Å². The van der Waals surface area contributed by atoms with Gasteiger partial charge in [0, 0.05) is 51.8 Å². The zero-order valence-electron chi connectivity index (χ0n) is 15.4. The summed E-state index contributed by atoms with van der Waals surface area (Å²) in [6, 6.07) is 0.279. The Labute approximate surface area is 177 Å². The molecule has 1 aliphatic carbocycles. The maximum Gasteiger partial charge on any atom is 0.0926 e. The van der Waals surface area contributed by atoms with Crippen LogP contribution in [0.4, 0.5) is 0 Å². The van der Waals surface area contributed by atoms with Crippen LogP contribution in [0.15, 0.2) is 0 Å². The normalized spacial score (nSPS) is 32.4. The summed E-state index contributed by atoms with van der Waals surface area (Å²) >= 11 is 0. The monoisotopic (exact) mass is 430 g/mol. The van der Waals surface area contributed by atoms with Gasteiger partial charge in [-0.25, -0.2) is 0 Å². The Balaban J connectivity index is 0.000000330. The van der Waals surface area contributed by atoms with Crippen LogP contribution in [0.25, 0.3) is 11.1 Å². The minimum atomic E-state index is -0.690. The van der Waals surface area contributed by atoms with Crippen LogP contribution in [0.5, 0.6) is 0 Å². The van der Waals surface area contributed by atoms with E-state index in [0.29, 0.717) is 18.9 Å². The summed E-state index contributed by atoms with van der Waals surface area (Å²) in [4.78, 5) is 2.13. The van der Waals surface area contributed by atoms with Gasteiger partial charge in [-0.15, -0.1) is 19.1 Å². The quantitative estimate of drug-likeness (QED) is 0.637. The molecule has 145 valence electrons. The first kappa shape index (κ1) is 23.9. The maximum atomic E-state index is 9.70. The average Bonchev–Trinajstić information content (AvgIpc) is 2.60. The average molecular weight is 430 g/mol. The molecule has 1 unspecified atom stereocenters. The Bertz CT molecular complexity index is 340. The molecule has 0 aromatic rings. The van der Waals surface area contributed by atoms with Crippen LogP contribution in [-0.4, -0.2) is 77.3 Å². The largest absolute Gasteiger partial charge is 0.675 e. The van der Waals surface area contributed by atoms with Crippen LogP contribution in [0.1, 0.15) is 51.4 Å². The number of nitrogens with zero attached hydrogens (tertiary/aromatic N) is 2. The molecule has 3 aliphatic rings. The van der Waals surface area contributed by atoms with Gasteiger partial charge in [-0.2, -0.15) is 0 Å². The van der Waals surface area contributed by atoms with Crippen LogP contribution >= 0.6 is 0 Å². The molecular formula is C18H35N3O3Y-2. The first-order chi connectivity index (χ1) is 11.6. The van der Waals surface area contributed by atoms with Crippen LogP contribution in [0.3, 0.4) is 0 Å². The molecule has 2 heterocycles. The Morgan fingerprint density at radius 2 is 1.60 bits per heavy atom. The third-order valence-corrected chi connectivity index (χ3v) is 5.60. The number of piperidine rings is 2. The number of aliphatic hydroxyl groups excluding tert-OH is 3. The van der Waals surface area contributed by atoms with Gasteiger partial charge < -0.3 is 26.4 Å². The van der Waals surface area contributed by atoms with Crippen molar-refractivity contribution in [3.63, 3.8) is 0 Å². The van der Waals surface area contributed by atoms with E-state index < -0.39 is 12.2 Å². The molecule has 0 amide bonds. The third kappa shape index (κ3) is 8.61. The zero-order chi connectivity index (χ0) is 17.4.